The number of nitrogens with one attached hydrogen (secondary N) is 1. The molecule has 2 aromatic carbocycles. The number of rotatable bonds is 6. The predicted octanol–water partition coefficient (Wildman–Crippen LogP) is 4.64. The molecule has 0 radical (unpaired) electrons. The number of alkyl halides is 3. The number of nitrogens with zero attached hydrogens (tertiary/aromatic N) is 1. The SMILES string of the molecule is Cl.Cl.O=C(CCN1CCNCC1Cc1ccccc1)c1cccc(C(F)(F)F)c1. The zero-order chi connectivity index (χ0) is 19.3. The van der Waals surface area contributed by atoms with Crippen LogP contribution in [0.3, 0.4) is 0 Å². The molecule has 8 heteroatoms. The minimum atomic E-state index is -4.43. The topological polar surface area (TPSA) is 32.3 Å². The van der Waals surface area contributed by atoms with E-state index >= 15 is 0 Å². The van der Waals surface area contributed by atoms with Crippen LogP contribution in [-0.2, 0) is 12.6 Å². The fraction of sp³-hybridized carbons (Fsp3) is 0.381. The third-order valence-electron chi connectivity index (χ3n) is 4.92. The lowest BCUT2D eigenvalue weighted by atomic mass is 10.0. The lowest BCUT2D eigenvalue weighted by molar-refractivity contribution is -0.137. The van der Waals surface area contributed by atoms with Crippen LogP contribution >= 0.6 is 24.8 Å². The van der Waals surface area contributed by atoms with Gasteiger partial charge in [0.1, 0.15) is 0 Å². The minimum Gasteiger partial charge on any atom is -0.314 e. The number of halogens is 5. The van der Waals surface area contributed by atoms with Gasteiger partial charge in [-0.05, 0) is 24.1 Å². The molecule has 0 aromatic heterocycles. The van der Waals surface area contributed by atoms with E-state index in [4.69, 9.17) is 0 Å². The first-order valence-corrected chi connectivity index (χ1v) is 9.12. The van der Waals surface area contributed by atoms with Gasteiger partial charge in [0.25, 0.3) is 0 Å². The Morgan fingerprint density at radius 1 is 1.07 bits per heavy atom. The van der Waals surface area contributed by atoms with Crippen LogP contribution in [0.25, 0.3) is 0 Å². The van der Waals surface area contributed by atoms with Crippen molar-refractivity contribution in [1.29, 1.82) is 0 Å². The Kier molecular flexibility index (Phi) is 10.1. The van der Waals surface area contributed by atoms with E-state index in [1.807, 2.05) is 18.2 Å². The van der Waals surface area contributed by atoms with E-state index in [0.717, 1.165) is 38.2 Å². The van der Waals surface area contributed by atoms with E-state index in [2.05, 4.69) is 22.3 Å². The molecule has 1 unspecified atom stereocenters. The van der Waals surface area contributed by atoms with E-state index in [1.54, 1.807) is 0 Å². The fourth-order valence-electron chi connectivity index (χ4n) is 3.44. The lowest BCUT2D eigenvalue weighted by Crippen LogP contribution is -2.52. The number of hydrogen-bond donors (Lipinski definition) is 1. The quantitative estimate of drug-likeness (QED) is 0.653. The van der Waals surface area contributed by atoms with Crippen LogP contribution in [0.1, 0.15) is 27.9 Å². The van der Waals surface area contributed by atoms with Gasteiger partial charge in [0, 0.05) is 44.2 Å². The first kappa shape index (κ1) is 25.4. The van der Waals surface area contributed by atoms with Gasteiger partial charge in [-0.25, -0.2) is 0 Å². The summed E-state index contributed by atoms with van der Waals surface area (Å²) in [6, 6.07) is 15.1. The largest absolute Gasteiger partial charge is 0.416 e. The zero-order valence-corrected chi connectivity index (χ0v) is 17.5. The van der Waals surface area contributed by atoms with Gasteiger partial charge in [-0.2, -0.15) is 13.2 Å². The van der Waals surface area contributed by atoms with Gasteiger partial charge < -0.3 is 5.32 Å². The molecule has 1 heterocycles. The smallest absolute Gasteiger partial charge is 0.314 e. The molecule has 1 saturated heterocycles. The Hall–Kier alpha value is -1.60. The van der Waals surface area contributed by atoms with Crippen LogP contribution in [0.15, 0.2) is 54.6 Å². The maximum Gasteiger partial charge on any atom is 0.416 e. The third-order valence-corrected chi connectivity index (χ3v) is 4.92. The van der Waals surface area contributed by atoms with Crippen molar-refractivity contribution in [1.82, 2.24) is 10.2 Å². The van der Waals surface area contributed by atoms with Gasteiger partial charge in [-0.15, -0.1) is 24.8 Å². The highest BCUT2D eigenvalue weighted by molar-refractivity contribution is 5.96. The van der Waals surface area contributed by atoms with E-state index in [0.29, 0.717) is 6.54 Å². The number of Topliss-reactive ketones (excluding diaryl/α,β-unsaturated/α-hetero) is 1. The standard InChI is InChI=1S/C21H23F3N2O.2ClH/c22-21(23,24)18-8-4-7-17(14-18)20(27)9-11-26-12-10-25-15-19(26)13-16-5-2-1-3-6-16;;/h1-8,14,19,25H,9-13,15H2;2*1H. The van der Waals surface area contributed by atoms with Gasteiger partial charge in [-0.1, -0.05) is 42.5 Å². The fourth-order valence-corrected chi connectivity index (χ4v) is 3.44. The second-order valence-electron chi connectivity index (χ2n) is 6.84. The van der Waals surface area contributed by atoms with Crippen molar-refractivity contribution in [2.24, 2.45) is 0 Å². The predicted molar refractivity (Wildman–Crippen MR) is 113 cm³/mol. The van der Waals surface area contributed by atoms with Crippen LogP contribution in [0, 0.1) is 0 Å². The van der Waals surface area contributed by atoms with Gasteiger partial charge in [0.05, 0.1) is 5.56 Å². The van der Waals surface area contributed by atoms with Crippen LogP contribution in [-0.4, -0.2) is 42.9 Å². The summed E-state index contributed by atoms with van der Waals surface area (Å²) in [6.07, 6.45) is -3.34. The Labute approximate surface area is 181 Å². The Balaban J connectivity index is 0.00000210. The number of carbonyl (C=O) groups excluding carboxylic acids is 1. The Morgan fingerprint density at radius 2 is 1.79 bits per heavy atom. The van der Waals surface area contributed by atoms with Crippen molar-refractivity contribution in [2.45, 2.75) is 25.1 Å². The summed E-state index contributed by atoms with van der Waals surface area (Å²) >= 11 is 0. The first-order valence-electron chi connectivity index (χ1n) is 9.12. The van der Waals surface area contributed by atoms with Crippen LogP contribution < -0.4 is 5.32 Å². The second-order valence-corrected chi connectivity index (χ2v) is 6.84. The van der Waals surface area contributed by atoms with Crippen molar-refractivity contribution < 1.29 is 18.0 Å². The molecule has 1 N–H and O–H groups in total. The van der Waals surface area contributed by atoms with Crippen molar-refractivity contribution >= 4 is 30.6 Å². The average molecular weight is 449 g/mol. The molecule has 160 valence electrons. The molecular formula is C21H25Cl2F3N2O. The van der Waals surface area contributed by atoms with Crippen LogP contribution in [0.4, 0.5) is 13.2 Å². The van der Waals surface area contributed by atoms with Gasteiger partial charge in [0.2, 0.25) is 0 Å². The summed E-state index contributed by atoms with van der Waals surface area (Å²) in [4.78, 5) is 14.7. The van der Waals surface area contributed by atoms with Crippen LogP contribution in [0.2, 0.25) is 0 Å². The van der Waals surface area contributed by atoms with Crippen LogP contribution in [0.5, 0.6) is 0 Å². The number of carbonyl (C=O) groups is 1. The number of hydrogen-bond acceptors (Lipinski definition) is 3. The van der Waals surface area contributed by atoms with E-state index in [9.17, 15) is 18.0 Å². The summed E-state index contributed by atoms with van der Waals surface area (Å²) in [5, 5.41) is 3.38. The van der Waals surface area contributed by atoms with Gasteiger partial charge in [-0.3, -0.25) is 9.69 Å². The first-order chi connectivity index (χ1) is 12.9. The maximum absolute atomic E-state index is 12.8. The normalized spacial score (nSPS) is 17.1. The van der Waals surface area contributed by atoms with E-state index in [-0.39, 0.29) is 48.6 Å². The van der Waals surface area contributed by atoms with Crippen molar-refractivity contribution in [2.75, 3.05) is 26.2 Å². The monoisotopic (exact) mass is 448 g/mol. The molecule has 1 fully saturated rings. The third kappa shape index (κ3) is 7.30. The molecule has 0 aliphatic carbocycles. The molecular weight excluding hydrogens is 424 g/mol. The summed E-state index contributed by atoms with van der Waals surface area (Å²) in [6.45, 7) is 3.07. The van der Waals surface area contributed by atoms with Gasteiger partial charge >= 0.3 is 6.18 Å². The summed E-state index contributed by atoms with van der Waals surface area (Å²) in [7, 11) is 0. The summed E-state index contributed by atoms with van der Waals surface area (Å²) in [5.41, 5.74) is 0.581. The van der Waals surface area contributed by atoms with Crippen molar-refractivity contribution in [3.05, 3.63) is 71.3 Å². The number of ketones is 1. The molecule has 2 aromatic rings. The summed E-state index contributed by atoms with van der Waals surface area (Å²) < 4.78 is 38.5. The molecule has 0 saturated carbocycles. The molecule has 3 rings (SSSR count). The molecule has 0 bridgehead atoms. The number of piperazine rings is 1. The Bertz CT molecular complexity index is 772. The van der Waals surface area contributed by atoms with E-state index in [1.165, 1.54) is 17.7 Å². The highest BCUT2D eigenvalue weighted by Crippen LogP contribution is 2.29. The molecule has 1 aliphatic heterocycles. The Morgan fingerprint density at radius 3 is 2.48 bits per heavy atom. The molecule has 1 aliphatic rings. The molecule has 29 heavy (non-hydrogen) atoms. The molecule has 3 nitrogen and oxygen atoms in total. The molecule has 0 amide bonds. The van der Waals surface area contributed by atoms with Gasteiger partial charge in [0.15, 0.2) is 5.78 Å². The highest BCUT2D eigenvalue weighted by atomic mass is 35.5. The number of benzene rings is 2. The lowest BCUT2D eigenvalue weighted by Gasteiger charge is -2.36. The second kappa shape index (κ2) is 11.6. The van der Waals surface area contributed by atoms with E-state index < -0.39 is 11.7 Å². The van der Waals surface area contributed by atoms with Crippen molar-refractivity contribution in [3.63, 3.8) is 0 Å². The zero-order valence-electron chi connectivity index (χ0n) is 15.8. The summed E-state index contributed by atoms with van der Waals surface area (Å²) in [5.74, 6) is -0.252. The van der Waals surface area contributed by atoms with Crippen molar-refractivity contribution in [3.8, 4) is 0 Å². The molecule has 0 spiro atoms. The highest BCUT2D eigenvalue weighted by Gasteiger charge is 2.31. The molecule has 1 atom stereocenters. The minimum absolute atomic E-state index is 0. The maximum atomic E-state index is 12.8. The average Bonchev–Trinajstić information content (AvgIpc) is 2.67.